The van der Waals surface area contributed by atoms with Gasteiger partial charge in [0.25, 0.3) is 5.56 Å². The molecule has 3 aliphatic heterocycles. The fraction of sp³-hybridized carbons (Fsp3) is 0.435. The smallest absolute Gasteiger partial charge is 0.466 e. The van der Waals surface area contributed by atoms with Gasteiger partial charge in [-0.1, -0.05) is 50.3 Å². The van der Waals surface area contributed by atoms with Gasteiger partial charge in [-0.05, 0) is 69.0 Å². The number of imide groups is 2. The molecule has 4 amide bonds. The Balaban J connectivity index is 0.000000172. The van der Waals surface area contributed by atoms with E-state index in [4.69, 9.17) is 33.8 Å². The average molecular weight is 996 g/mol. The van der Waals surface area contributed by atoms with Gasteiger partial charge >= 0.3 is 31.5 Å². The molecule has 4 aromatic rings. The van der Waals surface area contributed by atoms with E-state index >= 15 is 0 Å². The third-order valence-corrected chi connectivity index (χ3v) is 12.6. The lowest BCUT2D eigenvalue weighted by Gasteiger charge is -2.56. The Kier molecular flexibility index (Phi) is 16.6. The summed E-state index contributed by atoms with van der Waals surface area (Å²) in [6.45, 7) is 9.66. The number of aliphatic hydroxyl groups is 1. The molecule has 2 aromatic carbocycles. The molecule has 70 heavy (non-hydrogen) atoms. The number of barbiturate groups is 1. The Morgan fingerprint density at radius 2 is 1.61 bits per heavy atom. The van der Waals surface area contributed by atoms with Crippen LogP contribution in [0.5, 0.6) is 17.2 Å². The summed E-state index contributed by atoms with van der Waals surface area (Å²) >= 11 is 0. The van der Waals surface area contributed by atoms with Gasteiger partial charge in [0.2, 0.25) is 11.8 Å². The topological polar surface area (TPSA) is 320 Å². The minimum atomic E-state index is -4.64. The highest BCUT2D eigenvalue weighted by atomic mass is 31.2. The number of phosphoric acid groups is 1. The molecule has 2 aliphatic carbocycles. The maximum Gasteiger partial charge on any atom is 0.466 e. The number of amides is 4. The van der Waals surface area contributed by atoms with Gasteiger partial charge in [0.05, 0.1) is 13.4 Å². The molecule has 7 N–H and O–H groups in total. The van der Waals surface area contributed by atoms with Crippen molar-refractivity contribution in [2.75, 3.05) is 20.7 Å². The van der Waals surface area contributed by atoms with Crippen molar-refractivity contribution in [3.05, 3.63) is 105 Å². The van der Waals surface area contributed by atoms with Crippen molar-refractivity contribution >= 4 is 48.8 Å². The molecule has 0 unspecified atom stereocenters. The number of carboxylic acids is 1. The molecule has 2 bridgehead atoms. The normalized spacial score (nSPS) is 22.1. The number of fused-ring (bicyclic) bond motifs is 1. The molecule has 0 saturated carbocycles. The van der Waals surface area contributed by atoms with E-state index in [0.717, 1.165) is 35.5 Å². The molecule has 1 spiro atoms. The van der Waals surface area contributed by atoms with Gasteiger partial charge < -0.3 is 48.6 Å². The number of aromatic carboxylic acids is 1. The monoisotopic (exact) mass is 995 g/mol. The summed E-state index contributed by atoms with van der Waals surface area (Å²) in [7, 11) is 4.04. The Labute approximate surface area is 401 Å². The van der Waals surface area contributed by atoms with Crippen LogP contribution in [0, 0.1) is 17.3 Å². The highest BCUT2D eigenvalue weighted by Gasteiger charge is 2.64. The number of hydrogen-bond acceptors (Lipinski definition) is 14. The lowest BCUT2D eigenvalue weighted by atomic mass is 9.53. The number of likely N-dealkylation sites (N-methyl/N-ethyl adjacent to an activating group) is 1. The van der Waals surface area contributed by atoms with E-state index in [1.165, 1.54) is 54.2 Å². The van der Waals surface area contributed by atoms with Gasteiger partial charge in [-0.2, -0.15) is 0 Å². The van der Waals surface area contributed by atoms with E-state index in [9.17, 15) is 38.7 Å². The first kappa shape index (κ1) is 54.2. The summed E-state index contributed by atoms with van der Waals surface area (Å²) in [5.74, 6) is -0.380. The number of carbonyl (C=O) groups is 5. The Bertz CT molecular complexity index is 2870. The van der Waals surface area contributed by atoms with E-state index in [1.807, 2.05) is 26.0 Å². The number of carboxylic acid groups (broad SMARTS) is 1. The fourth-order valence-corrected chi connectivity index (χ4v) is 9.72. The van der Waals surface area contributed by atoms with Crippen LogP contribution in [-0.2, 0) is 51.9 Å². The predicted octanol–water partition coefficient (Wildman–Crippen LogP) is 1.81. The lowest BCUT2D eigenvalue weighted by Crippen LogP contribution is -2.64. The van der Waals surface area contributed by atoms with Crippen LogP contribution >= 0.6 is 7.82 Å². The number of methoxy groups -OCH3 is 1. The molecule has 23 nitrogen and oxygen atoms in total. The second-order valence-electron chi connectivity index (χ2n) is 17.7. The number of piperidine rings is 1. The number of aryl methyl sites for hydroxylation is 2. The van der Waals surface area contributed by atoms with Gasteiger partial charge in [0.1, 0.15) is 28.9 Å². The molecule has 5 atom stereocenters. The summed E-state index contributed by atoms with van der Waals surface area (Å²) in [6.07, 6.45) is 9.21. The second kappa shape index (κ2) is 21.5. The molecule has 24 heteroatoms. The number of ether oxygens (including phenoxy) is 3. The largest absolute Gasteiger partial charge is 0.493 e. The summed E-state index contributed by atoms with van der Waals surface area (Å²) in [4.78, 5) is 107. The van der Waals surface area contributed by atoms with E-state index in [1.54, 1.807) is 37.9 Å². The van der Waals surface area contributed by atoms with Crippen molar-refractivity contribution in [2.45, 2.75) is 70.1 Å². The second-order valence-corrected chi connectivity index (χ2v) is 18.7. The predicted molar refractivity (Wildman–Crippen MR) is 251 cm³/mol. The van der Waals surface area contributed by atoms with Gasteiger partial charge in [0, 0.05) is 51.0 Å². The highest BCUT2D eigenvalue weighted by Crippen LogP contribution is 2.62. The van der Waals surface area contributed by atoms with Gasteiger partial charge in [-0.25, -0.2) is 23.9 Å². The average Bonchev–Trinajstić information content (AvgIpc) is 3.84. The number of esters is 1. The number of imidazole rings is 1. The molecule has 2 fully saturated rings. The highest BCUT2D eigenvalue weighted by molar-refractivity contribution is 7.45. The third-order valence-electron chi connectivity index (χ3n) is 12.6. The van der Waals surface area contributed by atoms with Crippen molar-refractivity contribution in [2.24, 2.45) is 38.4 Å². The van der Waals surface area contributed by atoms with Crippen LogP contribution in [0.25, 0.3) is 11.2 Å². The number of hydrogen-bond donors (Lipinski definition) is 7. The lowest BCUT2D eigenvalue weighted by molar-refractivity contribution is -0.145. The number of urea groups is 1. The third kappa shape index (κ3) is 11.0. The van der Waals surface area contributed by atoms with Gasteiger partial charge in [0.15, 0.2) is 22.7 Å². The van der Waals surface area contributed by atoms with Crippen molar-refractivity contribution < 1.29 is 67.6 Å². The number of likely N-dealkylation sites (tertiary alicyclic amines) is 1. The molecule has 5 aliphatic rings. The van der Waals surface area contributed by atoms with E-state index in [0.29, 0.717) is 29.5 Å². The Hall–Kier alpha value is -6.75. The maximum atomic E-state index is 11.8. The number of para-hydroxylation sites is 1. The van der Waals surface area contributed by atoms with Crippen LogP contribution in [0.3, 0.4) is 0 Å². The summed E-state index contributed by atoms with van der Waals surface area (Å²) in [6, 6.07) is 9.93. The summed E-state index contributed by atoms with van der Waals surface area (Å²) < 4.78 is 29.4. The summed E-state index contributed by atoms with van der Waals surface area (Å²) in [5.41, 5.74) is 1.58. The fourth-order valence-electron chi connectivity index (χ4n) is 9.72. The zero-order chi connectivity index (χ0) is 52.2. The number of benzene rings is 2. The standard InChI is InChI=1S/C18H21NO3.C11H16N2O3.C9H8O4.C8H10N4O2.H3O4P/c1-19-8-7-18-11-4-5-13(20)17(18)22-16-14(21-2)6-3-10(15(16)18)9-12(11)19;1-4-5-11(6-7(2)3)8(14)12-10(16)13-9(11)15;1-6(10)13-8-5-3-2-4-7(8)9(11)12;1-10-4-9-6-5(10)7(13)12(3)8(14)11(6)2;1-5(2,3)4/h3-6,11-13,17,20H,7-9H2,1-2H3;4,7H,1,5-6H2,2-3H3,(H2,12,13,14,15,16);2-5H,1H3,(H,11,12);4H,1-3H3;(H3,1,2,3,4)/t11-,12+,13-,17-,18-;;;;/m0..../s1. The number of rotatable bonds is 7. The number of aromatic nitrogens is 4. The number of nitrogens with zero attached hydrogens (tertiary/aromatic N) is 5. The van der Waals surface area contributed by atoms with Crippen molar-refractivity contribution in [3.8, 4) is 17.2 Å². The molecule has 9 rings (SSSR count). The van der Waals surface area contributed by atoms with Crippen molar-refractivity contribution in [3.63, 3.8) is 0 Å². The van der Waals surface area contributed by atoms with Crippen LogP contribution in [0.2, 0.25) is 0 Å². The van der Waals surface area contributed by atoms with Gasteiger partial charge in [-0.15, -0.1) is 6.58 Å². The quantitative estimate of drug-likeness (QED) is 0.0456. The van der Waals surface area contributed by atoms with Crippen molar-refractivity contribution in [1.29, 1.82) is 0 Å². The van der Waals surface area contributed by atoms with Crippen molar-refractivity contribution in [1.82, 2.24) is 34.2 Å². The van der Waals surface area contributed by atoms with Crippen LogP contribution < -0.4 is 36.1 Å². The maximum absolute atomic E-state index is 11.8. The van der Waals surface area contributed by atoms with Crippen LogP contribution in [0.1, 0.15) is 61.5 Å². The number of aliphatic hydroxyl groups excluding tert-OH is 1. The zero-order valence-corrected chi connectivity index (χ0v) is 40.7. The minimum absolute atomic E-state index is 0.0160. The Morgan fingerprint density at radius 1 is 0.986 bits per heavy atom. The van der Waals surface area contributed by atoms with E-state index in [2.05, 4.69) is 51.0 Å². The number of allylic oxidation sites excluding steroid dienone is 1. The molecule has 2 aromatic heterocycles. The van der Waals surface area contributed by atoms with Crippen LogP contribution in [-0.4, -0.2) is 117 Å². The molecule has 378 valence electrons. The van der Waals surface area contributed by atoms with E-state index < -0.39 is 49.1 Å². The first-order chi connectivity index (χ1) is 32.7. The summed E-state index contributed by atoms with van der Waals surface area (Å²) in [5, 5.41) is 23.5. The first-order valence-electron chi connectivity index (χ1n) is 21.8. The molecular formula is C46H58N7O16P. The molecule has 2 saturated heterocycles. The number of nitrogens with one attached hydrogen (secondary N) is 2. The van der Waals surface area contributed by atoms with E-state index in [-0.39, 0.29) is 46.4 Å². The van der Waals surface area contributed by atoms with Crippen LogP contribution in [0.15, 0.2) is 77.1 Å². The molecule has 5 heterocycles. The minimum Gasteiger partial charge on any atom is -0.493 e. The first-order valence-corrected chi connectivity index (χ1v) is 23.4. The Morgan fingerprint density at radius 3 is 2.19 bits per heavy atom. The number of carbonyl (C=O) groups excluding carboxylic acids is 4. The van der Waals surface area contributed by atoms with Gasteiger partial charge in [-0.3, -0.25) is 38.9 Å². The zero-order valence-electron chi connectivity index (χ0n) is 39.8. The molecular weight excluding hydrogens is 938 g/mol. The molecule has 0 radical (unpaired) electrons. The van der Waals surface area contributed by atoms with Crippen LogP contribution in [0.4, 0.5) is 4.79 Å². The SMILES string of the molecule is C=CCC1(CC(C)C)C(=O)NC(=O)NC1=O.CC(=O)Oc1ccccc1C(=O)O.COc1ccc2c3c1O[C@H]1[C@@H](O)C=C[C@H]4[C@@H](C2)N(C)CC[C@@]341.Cn1c(=O)c2c(ncn2C)n(C)c1=O.O=P(O)(O)O.